The molecule has 1 aromatic carbocycles. The molecule has 0 bridgehead atoms. The number of primary amides is 1. The maximum Gasteiger partial charge on any atom is 0.248 e. The first-order chi connectivity index (χ1) is 9.15. The normalized spacial score (nSPS) is 22.6. The highest BCUT2D eigenvalue weighted by atomic mass is 16.1. The van der Waals surface area contributed by atoms with Crippen LogP contribution in [0.2, 0.25) is 0 Å². The molecule has 0 aromatic heterocycles. The Bertz CT molecular complexity index is 501. The minimum Gasteiger partial charge on any atom is -0.366 e. The lowest BCUT2D eigenvalue weighted by Crippen LogP contribution is -2.58. The standard InChI is InChI=1S/C17H26N2O/c1-16(2)10-12(11-17(3,4)19(16)5)13-8-6-7-9-14(13)15(18)20/h6-9,12H,10-11H2,1-5H3,(H2,18,20). The molecule has 1 saturated heterocycles. The number of carbonyl (C=O) groups is 1. The summed E-state index contributed by atoms with van der Waals surface area (Å²) in [5.74, 6) is 0.0510. The predicted octanol–water partition coefficient (Wildman–Crippen LogP) is 3.15. The smallest absolute Gasteiger partial charge is 0.248 e. The van der Waals surface area contributed by atoms with E-state index in [0.717, 1.165) is 18.4 Å². The van der Waals surface area contributed by atoms with E-state index >= 15 is 0 Å². The topological polar surface area (TPSA) is 46.3 Å². The van der Waals surface area contributed by atoms with Crippen LogP contribution < -0.4 is 5.73 Å². The second kappa shape index (κ2) is 4.88. The van der Waals surface area contributed by atoms with Crippen LogP contribution in [0.3, 0.4) is 0 Å². The van der Waals surface area contributed by atoms with Gasteiger partial charge in [0.15, 0.2) is 0 Å². The van der Waals surface area contributed by atoms with Gasteiger partial charge in [-0.2, -0.15) is 0 Å². The molecule has 0 radical (unpaired) electrons. The first kappa shape index (κ1) is 15.0. The van der Waals surface area contributed by atoms with E-state index in [4.69, 9.17) is 5.73 Å². The third-order valence-corrected chi connectivity index (χ3v) is 4.97. The van der Waals surface area contributed by atoms with Crippen molar-refractivity contribution in [3.8, 4) is 0 Å². The van der Waals surface area contributed by atoms with Gasteiger partial charge in [0.25, 0.3) is 0 Å². The third kappa shape index (κ3) is 2.59. The van der Waals surface area contributed by atoms with E-state index < -0.39 is 0 Å². The highest BCUT2D eigenvalue weighted by Crippen LogP contribution is 2.45. The molecule has 1 heterocycles. The minimum atomic E-state index is -0.324. The Balaban J connectivity index is 2.42. The molecule has 110 valence electrons. The Labute approximate surface area is 122 Å². The molecule has 2 N–H and O–H groups in total. The summed E-state index contributed by atoms with van der Waals surface area (Å²) in [4.78, 5) is 14.1. The van der Waals surface area contributed by atoms with Crippen molar-refractivity contribution in [3.63, 3.8) is 0 Å². The van der Waals surface area contributed by atoms with Crippen LogP contribution in [0.4, 0.5) is 0 Å². The van der Waals surface area contributed by atoms with Crippen molar-refractivity contribution >= 4 is 5.91 Å². The Kier molecular flexibility index (Phi) is 3.67. The number of amides is 1. The fraction of sp³-hybridized carbons (Fsp3) is 0.588. The van der Waals surface area contributed by atoms with E-state index in [1.165, 1.54) is 0 Å². The Morgan fingerprint density at radius 3 is 2.15 bits per heavy atom. The van der Waals surface area contributed by atoms with E-state index in [0.29, 0.717) is 11.5 Å². The van der Waals surface area contributed by atoms with E-state index in [9.17, 15) is 4.79 Å². The van der Waals surface area contributed by atoms with Crippen molar-refractivity contribution < 1.29 is 4.79 Å². The van der Waals surface area contributed by atoms with Crippen molar-refractivity contribution in [2.24, 2.45) is 5.73 Å². The number of likely N-dealkylation sites (tertiary alicyclic amines) is 1. The van der Waals surface area contributed by atoms with Crippen molar-refractivity contribution in [3.05, 3.63) is 35.4 Å². The van der Waals surface area contributed by atoms with Gasteiger partial charge in [-0.25, -0.2) is 0 Å². The van der Waals surface area contributed by atoms with Crippen molar-refractivity contribution in [2.75, 3.05) is 7.05 Å². The SMILES string of the molecule is CN1C(C)(C)CC(c2ccccc2C(N)=O)CC1(C)C. The van der Waals surface area contributed by atoms with E-state index in [2.05, 4.69) is 45.7 Å². The van der Waals surface area contributed by atoms with E-state index in [1.54, 1.807) is 0 Å². The number of carbonyl (C=O) groups excluding carboxylic acids is 1. The summed E-state index contributed by atoms with van der Waals surface area (Å²) in [5.41, 5.74) is 7.53. The lowest BCUT2D eigenvalue weighted by Gasteiger charge is -2.54. The lowest BCUT2D eigenvalue weighted by atomic mass is 9.71. The number of benzene rings is 1. The molecule has 1 fully saturated rings. The van der Waals surface area contributed by atoms with Crippen molar-refractivity contribution in [2.45, 2.75) is 57.5 Å². The zero-order chi connectivity index (χ0) is 15.1. The second-order valence-electron chi connectivity index (χ2n) is 7.24. The van der Waals surface area contributed by atoms with Gasteiger partial charge in [0, 0.05) is 16.6 Å². The molecule has 1 aliphatic heterocycles. The summed E-state index contributed by atoms with van der Waals surface area (Å²) < 4.78 is 0. The van der Waals surface area contributed by atoms with Gasteiger partial charge in [0.05, 0.1) is 0 Å². The number of hydrogen-bond donors (Lipinski definition) is 1. The maximum absolute atomic E-state index is 11.7. The number of rotatable bonds is 2. The predicted molar refractivity (Wildman–Crippen MR) is 82.9 cm³/mol. The van der Waals surface area contributed by atoms with Gasteiger partial charge in [-0.3, -0.25) is 9.69 Å². The Morgan fingerprint density at radius 1 is 1.15 bits per heavy atom. The van der Waals surface area contributed by atoms with Gasteiger partial charge in [-0.1, -0.05) is 18.2 Å². The molecule has 1 aromatic rings. The molecule has 1 aliphatic rings. The monoisotopic (exact) mass is 274 g/mol. The average Bonchev–Trinajstić information content (AvgIpc) is 2.35. The van der Waals surface area contributed by atoms with Gasteiger partial charge in [0.2, 0.25) is 5.91 Å². The van der Waals surface area contributed by atoms with Gasteiger partial charge in [-0.15, -0.1) is 0 Å². The lowest BCUT2D eigenvalue weighted by molar-refractivity contribution is -0.0129. The highest BCUT2D eigenvalue weighted by molar-refractivity contribution is 5.94. The average molecular weight is 274 g/mol. The number of hydrogen-bond acceptors (Lipinski definition) is 2. The molecule has 20 heavy (non-hydrogen) atoms. The Hall–Kier alpha value is -1.35. The largest absolute Gasteiger partial charge is 0.366 e. The third-order valence-electron chi connectivity index (χ3n) is 4.97. The fourth-order valence-electron chi connectivity index (χ4n) is 3.67. The quantitative estimate of drug-likeness (QED) is 0.900. The molecule has 0 spiro atoms. The maximum atomic E-state index is 11.7. The zero-order valence-corrected chi connectivity index (χ0v) is 13.2. The fourth-order valence-corrected chi connectivity index (χ4v) is 3.67. The van der Waals surface area contributed by atoms with Crippen LogP contribution in [0.25, 0.3) is 0 Å². The van der Waals surface area contributed by atoms with Crippen molar-refractivity contribution in [1.29, 1.82) is 0 Å². The zero-order valence-electron chi connectivity index (χ0n) is 13.2. The van der Waals surface area contributed by atoms with Crippen LogP contribution in [-0.4, -0.2) is 28.9 Å². The summed E-state index contributed by atoms with van der Waals surface area (Å²) in [6, 6.07) is 7.78. The highest BCUT2D eigenvalue weighted by Gasteiger charge is 2.43. The van der Waals surface area contributed by atoms with Crippen LogP contribution in [0.15, 0.2) is 24.3 Å². The molecule has 3 heteroatoms. The molecule has 0 unspecified atom stereocenters. The van der Waals surface area contributed by atoms with Crippen LogP contribution in [0, 0.1) is 0 Å². The van der Waals surface area contributed by atoms with Gasteiger partial charge in [0.1, 0.15) is 0 Å². The summed E-state index contributed by atoms with van der Waals surface area (Å²) in [7, 11) is 2.19. The van der Waals surface area contributed by atoms with E-state index in [1.807, 2.05) is 18.2 Å². The molecule has 3 nitrogen and oxygen atoms in total. The summed E-state index contributed by atoms with van der Waals surface area (Å²) in [6.45, 7) is 9.09. The first-order valence-electron chi connectivity index (χ1n) is 7.28. The molecule has 0 aliphatic carbocycles. The first-order valence-corrected chi connectivity index (χ1v) is 7.28. The molecule has 1 amide bonds. The van der Waals surface area contributed by atoms with Crippen LogP contribution in [0.1, 0.15) is 62.4 Å². The summed E-state index contributed by atoms with van der Waals surface area (Å²) in [5, 5.41) is 0. The van der Waals surface area contributed by atoms with Gasteiger partial charge in [-0.05, 0) is 65.1 Å². The number of piperidine rings is 1. The minimum absolute atomic E-state index is 0.108. The summed E-state index contributed by atoms with van der Waals surface area (Å²) >= 11 is 0. The van der Waals surface area contributed by atoms with E-state index in [-0.39, 0.29) is 17.0 Å². The molecule has 0 saturated carbocycles. The van der Waals surface area contributed by atoms with Crippen LogP contribution >= 0.6 is 0 Å². The second-order valence-corrected chi connectivity index (χ2v) is 7.24. The van der Waals surface area contributed by atoms with Crippen molar-refractivity contribution in [1.82, 2.24) is 4.90 Å². The molecular weight excluding hydrogens is 248 g/mol. The number of nitrogens with two attached hydrogens (primary N) is 1. The van der Waals surface area contributed by atoms with Gasteiger partial charge < -0.3 is 5.73 Å². The van der Waals surface area contributed by atoms with Crippen LogP contribution in [0.5, 0.6) is 0 Å². The summed E-state index contributed by atoms with van der Waals surface area (Å²) in [6.07, 6.45) is 2.08. The molecule has 2 rings (SSSR count). The Morgan fingerprint density at radius 2 is 1.65 bits per heavy atom. The molecule has 0 atom stereocenters. The van der Waals surface area contributed by atoms with Gasteiger partial charge >= 0.3 is 0 Å². The van der Waals surface area contributed by atoms with Crippen LogP contribution in [-0.2, 0) is 0 Å². The number of nitrogens with zero attached hydrogens (tertiary/aromatic N) is 1. The molecular formula is C17H26N2O.